The number of aryl methyl sites for hydroxylation is 2. The third-order valence-electron chi connectivity index (χ3n) is 4.34. The predicted octanol–water partition coefficient (Wildman–Crippen LogP) is 5.31. The number of fused-ring (bicyclic) bond motifs is 2. The Labute approximate surface area is 132 Å². The quantitative estimate of drug-likeness (QED) is 0.635. The third kappa shape index (κ3) is 2.44. The third-order valence-corrected chi connectivity index (χ3v) is 6.61. The molecule has 1 atom stereocenters. The normalized spacial score (nSPS) is 16.6. The molecule has 1 aliphatic carbocycles. The van der Waals surface area contributed by atoms with E-state index in [0.717, 1.165) is 10.4 Å². The Morgan fingerprint density at radius 2 is 1.90 bits per heavy atom. The zero-order valence-electron chi connectivity index (χ0n) is 11.8. The van der Waals surface area contributed by atoms with Gasteiger partial charge in [-0.3, -0.25) is 0 Å². The molecule has 0 saturated carbocycles. The highest BCUT2D eigenvalue weighted by Gasteiger charge is 2.20. The van der Waals surface area contributed by atoms with Crippen LogP contribution in [0.2, 0.25) is 0 Å². The predicted molar refractivity (Wildman–Crippen MR) is 91.5 cm³/mol. The zero-order valence-corrected chi connectivity index (χ0v) is 13.5. The Balaban J connectivity index is 1.73. The van der Waals surface area contributed by atoms with Gasteiger partial charge in [0.25, 0.3) is 0 Å². The standard InChI is InChI=1S/C18H18OS2/c19-18(14-11-20-16-9-5-4-7-13(14)16)17-10-12-6-2-1-3-8-15(12)21-17/h4-5,7,9-11,18-19H,1-3,6,8H2. The number of aliphatic hydroxyl groups is 1. The summed E-state index contributed by atoms with van der Waals surface area (Å²) >= 11 is 3.54. The van der Waals surface area contributed by atoms with Crippen molar-refractivity contribution in [3.8, 4) is 0 Å². The van der Waals surface area contributed by atoms with Crippen LogP contribution < -0.4 is 0 Å². The van der Waals surface area contributed by atoms with E-state index in [-0.39, 0.29) is 0 Å². The molecule has 0 fully saturated rings. The molecule has 0 amide bonds. The molecule has 0 aliphatic heterocycles. The van der Waals surface area contributed by atoms with E-state index < -0.39 is 6.10 Å². The highest BCUT2D eigenvalue weighted by molar-refractivity contribution is 7.17. The van der Waals surface area contributed by atoms with Crippen LogP contribution in [0.5, 0.6) is 0 Å². The van der Waals surface area contributed by atoms with Crippen LogP contribution in [-0.2, 0) is 12.8 Å². The van der Waals surface area contributed by atoms with Crippen LogP contribution in [0.1, 0.15) is 46.2 Å². The Morgan fingerprint density at radius 1 is 1.05 bits per heavy atom. The first kappa shape index (κ1) is 13.5. The van der Waals surface area contributed by atoms with Crippen molar-refractivity contribution >= 4 is 32.8 Å². The lowest BCUT2D eigenvalue weighted by Crippen LogP contribution is -1.95. The van der Waals surface area contributed by atoms with Crippen molar-refractivity contribution in [2.24, 2.45) is 0 Å². The van der Waals surface area contributed by atoms with Crippen molar-refractivity contribution in [3.05, 3.63) is 56.6 Å². The number of hydrogen-bond acceptors (Lipinski definition) is 3. The summed E-state index contributed by atoms with van der Waals surface area (Å²) in [5.41, 5.74) is 2.54. The molecule has 1 unspecified atom stereocenters. The average molecular weight is 314 g/mol. The molecule has 3 heteroatoms. The van der Waals surface area contributed by atoms with E-state index >= 15 is 0 Å². The fourth-order valence-corrected chi connectivity index (χ4v) is 5.43. The largest absolute Gasteiger partial charge is 0.383 e. The van der Waals surface area contributed by atoms with Crippen molar-refractivity contribution < 1.29 is 5.11 Å². The van der Waals surface area contributed by atoms with E-state index in [1.165, 1.54) is 52.6 Å². The Hall–Kier alpha value is -1.16. The highest BCUT2D eigenvalue weighted by atomic mass is 32.1. The SMILES string of the molecule is OC(c1cc2c(s1)CCCCC2)c1csc2ccccc12. The molecule has 0 radical (unpaired) electrons. The molecule has 2 heterocycles. The van der Waals surface area contributed by atoms with Crippen molar-refractivity contribution in [1.29, 1.82) is 0 Å². The van der Waals surface area contributed by atoms with Gasteiger partial charge in [-0.2, -0.15) is 0 Å². The van der Waals surface area contributed by atoms with Gasteiger partial charge in [0, 0.05) is 20.0 Å². The minimum atomic E-state index is -0.474. The van der Waals surface area contributed by atoms with Gasteiger partial charge in [-0.05, 0) is 54.1 Å². The van der Waals surface area contributed by atoms with E-state index in [9.17, 15) is 5.11 Å². The Morgan fingerprint density at radius 3 is 2.86 bits per heavy atom. The van der Waals surface area contributed by atoms with Gasteiger partial charge in [-0.25, -0.2) is 0 Å². The molecule has 3 aromatic rings. The summed E-state index contributed by atoms with van der Waals surface area (Å²) in [5, 5.41) is 14.1. The van der Waals surface area contributed by atoms with Crippen molar-refractivity contribution in [2.75, 3.05) is 0 Å². The molecular weight excluding hydrogens is 296 g/mol. The van der Waals surface area contributed by atoms with Gasteiger partial charge in [0.1, 0.15) is 6.10 Å². The number of benzene rings is 1. The molecular formula is C18H18OS2. The summed E-state index contributed by atoms with van der Waals surface area (Å²) in [7, 11) is 0. The van der Waals surface area contributed by atoms with E-state index in [1.807, 2.05) is 11.3 Å². The maximum Gasteiger partial charge on any atom is 0.115 e. The molecule has 4 rings (SSSR count). The molecule has 1 aromatic carbocycles. The van der Waals surface area contributed by atoms with Gasteiger partial charge in [0.05, 0.1) is 0 Å². The second kappa shape index (κ2) is 5.56. The van der Waals surface area contributed by atoms with Gasteiger partial charge in [-0.1, -0.05) is 24.6 Å². The Kier molecular flexibility index (Phi) is 3.57. The van der Waals surface area contributed by atoms with Crippen molar-refractivity contribution in [2.45, 2.75) is 38.2 Å². The summed E-state index contributed by atoms with van der Waals surface area (Å²) in [4.78, 5) is 2.62. The first-order valence-corrected chi connectivity index (χ1v) is 9.28. The molecule has 0 bridgehead atoms. The maximum atomic E-state index is 10.8. The van der Waals surface area contributed by atoms with E-state index in [0.29, 0.717) is 0 Å². The van der Waals surface area contributed by atoms with E-state index in [4.69, 9.17) is 0 Å². The van der Waals surface area contributed by atoms with E-state index in [2.05, 4.69) is 35.7 Å². The van der Waals surface area contributed by atoms with Crippen LogP contribution in [0.4, 0.5) is 0 Å². The fourth-order valence-electron chi connectivity index (χ4n) is 3.19. The van der Waals surface area contributed by atoms with Crippen LogP contribution in [0.25, 0.3) is 10.1 Å². The lowest BCUT2D eigenvalue weighted by Gasteiger charge is -2.07. The summed E-state index contributed by atoms with van der Waals surface area (Å²) < 4.78 is 1.25. The smallest absolute Gasteiger partial charge is 0.115 e. The van der Waals surface area contributed by atoms with Crippen LogP contribution in [0, 0.1) is 0 Å². The zero-order chi connectivity index (χ0) is 14.2. The monoisotopic (exact) mass is 314 g/mol. The van der Waals surface area contributed by atoms with Gasteiger partial charge in [-0.15, -0.1) is 22.7 Å². The lowest BCUT2D eigenvalue weighted by atomic mass is 10.1. The van der Waals surface area contributed by atoms with Crippen LogP contribution in [0.3, 0.4) is 0 Å². The second-order valence-electron chi connectivity index (χ2n) is 5.75. The van der Waals surface area contributed by atoms with Crippen molar-refractivity contribution in [1.82, 2.24) is 0 Å². The summed E-state index contributed by atoms with van der Waals surface area (Å²) in [6, 6.07) is 10.6. The average Bonchev–Trinajstić information content (AvgIpc) is 3.05. The van der Waals surface area contributed by atoms with Crippen LogP contribution >= 0.6 is 22.7 Å². The molecule has 1 N–H and O–H groups in total. The van der Waals surface area contributed by atoms with Gasteiger partial charge in [0.2, 0.25) is 0 Å². The minimum Gasteiger partial charge on any atom is -0.383 e. The van der Waals surface area contributed by atoms with Gasteiger partial charge < -0.3 is 5.11 Å². The van der Waals surface area contributed by atoms with Gasteiger partial charge in [0.15, 0.2) is 0 Å². The molecule has 1 aliphatic rings. The maximum absolute atomic E-state index is 10.8. The fraction of sp³-hybridized carbons (Fsp3) is 0.333. The van der Waals surface area contributed by atoms with Crippen molar-refractivity contribution in [3.63, 3.8) is 0 Å². The second-order valence-corrected chi connectivity index (χ2v) is 7.83. The first-order valence-electron chi connectivity index (χ1n) is 7.58. The molecule has 108 valence electrons. The summed E-state index contributed by atoms with van der Waals surface area (Å²) in [6.45, 7) is 0. The van der Waals surface area contributed by atoms with Gasteiger partial charge >= 0.3 is 0 Å². The number of rotatable bonds is 2. The Bertz CT molecular complexity index is 745. The number of thiophene rings is 2. The molecule has 0 saturated heterocycles. The topological polar surface area (TPSA) is 20.2 Å². The minimum absolute atomic E-state index is 0.474. The first-order chi connectivity index (χ1) is 10.3. The summed E-state index contributed by atoms with van der Waals surface area (Å²) in [6.07, 6.45) is 5.83. The highest BCUT2D eigenvalue weighted by Crippen LogP contribution is 2.38. The molecule has 2 aromatic heterocycles. The molecule has 21 heavy (non-hydrogen) atoms. The van der Waals surface area contributed by atoms with Crippen LogP contribution in [0.15, 0.2) is 35.7 Å². The van der Waals surface area contributed by atoms with Crippen LogP contribution in [-0.4, -0.2) is 5.11 Å². The number of aliphatic hydroxyl groups excluding tert-OH is 1. The number of hydrogen-bond donors (Lipinski definition) is 1. The lowest BCUT2D eigenvalue weighted by molar-refractivity contribution is 0.226. The molecule has 1 nitrogen and oxygen atoms in total. The van der Waals surface area contributed by atoms with E-state index in [1.54, 1.807) is 11.3 Å². The summed E-state index contributed by atoms with van der Waals surface area (Å²) in [5.74, 6) is 0. The molecule has 0 spiro atoms.